The second-order valence-electron chi connectivity index (χ2n) is 3.03. The Bertz CT molecular complexity index is 227. The summed E-state index contributed by atoms with van der Waals surface area (Å²) in [6, 6.07) is 0. The summed E-state index contributed by atoms with van der Waals surface area (Å²) in [5.74, 6) is 3.40. The fraction of sp³-hybridized carbons (Fsp3) is 0.625. The summed E-state index contributed by atoms with van der Waals surface area (Å²) in [4.78, 5) is 0. The van der Waals surface area contributed by atoms with Crippen molar-refractivity contribution in [2.75, 3.05) is 0 Å². The van der Waals surface area contributed by atoms with Gasteiger partial charge in [0.2, 0.25) is 0 Å². The summed E-state index contributed by atoms with van der Waals surface area (Å²) in [5.41, 5.74) is -0.265. The minimum Gasteiger partial charge on any atom is -0.463 e. The van der Waals surface area contributed by atoms with E-state index in [0.29, 0.717) is 5.90 Å². The summed E-state index contributed by atoms with van der Waals surface area (Å²) < 4.78 is 9.43. The second-order valence-corrected chi connectivity index (χ2v) is 3.85. The van der Waals surface area contributed by atoms with E-state index < -0.39 is 0 Å². The van der Waals surface area contributed by atoms with Crippen molar-refractivity contribution in [2.45, 2.75) is 26.2 Å². The molecule has 0 aliphatic carbocycles. The molecule has 0 amide bonds. The first-order chi connectivity index (χ1) is 5.06. The Morgan fingerprint density at radius 2 is 2.36 bits per heavy atom. The molecule has 11 heavy (non-hydrogen) atoms. The molecule has 0 aromatic rings. The monoisotopic (exact) mass is 169 g/mol. The second kappa shape index (κ2) is 2.78. The third-order valence-electron chi connectivity index (χ3n) is 1.52. The molecule has 0 aromatic carbocycles. The van der Waals surface area contributed by atoms with Gasteiger partial charge in [-0.05, 0) is 13.8 Å². The average molecular weight is 169 g/mol. The maximum absolute atomic E-state index is 5.39. The number of hydrogen-bond donors (Lipinski definition) is 0. The smallest absolute Gasteiger partial charge is 0.193 e. The first-order valence-corrected chi connectivity index (χ1v) is 4.25. The summed E-state index contributed by atoms with van der Waals surface area (Å²) in [6.45, 7) is 5.77. The van der Waals surface area contributed by atoms with Gasteiger partial charge >= 0.3 is 0 Å². The van der Waals surface area contributed by atoms with Gasteiger partial charge in [-0.15, -0.1) is 6.42 Å². The molecule has 1 atom stereocenters. The summed E-state index contributed by atoms with van der Waals surface area (Å²) in [6.07, 6.45) is 5.34. The fourth-order valence-electron chi connectivity index (χ4n) is 0.667. The highest BCUT2D eigenvalue weighted by Gasteiger charge is 2.33. The van der Waals surface area contributed by atoms with Gasteiger partial charge in [0.15, 0.2) is 11.3 Å². The molecule has 0 saturated carbocycles. The van der Waals surface area contributed by atoms with E-state index in [0.717, 1.165) is 0 Å². The summed E-state index contributed by atoms with van der Waals surface area (Å²) in [5, 5.41) is 0. The van der Waals surface area contributed by atoms with Crippen molar-refractivity contribution in [3.63, 3.8) is 0 Å². The summed E-state index contributed by atoms with van der Waals surface area (Å²) in [7, 11) is 0. The minimum atomic E-state index is -0.244. The number of rotatable bonds is 1. The Morgan fingerprint density at radius 3 is 2.73 bits per heavy atom. The van der Waals surface area contributed by atoms with Gasteiger partial charge in [0.05, 0.1) is 5.41 Å². The molecule has 0 N–H and O–H groups in total. The number of ether oxygens (including phenoxy) is 1. The van der Waals surface area contributed by atoms with Crippen LogP contribution in [-0.4, -0.2) is 11.3 Å². The topological polar surface area (TPSA) is 21.6 Å². The largest absolute Gasteiger partial charge is 0.463 e. The van der Waals surface area contributed by atoms with E-state index in [-0.39, 0.29) is 10.9 Å². The van der Waals surface area contributed by atoms with Crippen molar-refractivity contribution in [1.29, 1.82) is 0 Å². The molecule has 1 aliphatic heterocycles. The first kappa shape index (κ1) is 8.48. The molecule has 1 aliphatic rings. The van der Waals surface area contributed by atoms with Crippen molar-refractivity contribution in [3.8, 4) is 12.3 Å². The molecule has 0 radical (unpaired) electrons. The van der Waals surface area contributed by atoms with Crippen LogP contribution < -0.4 is 0 Å². The molecule has 2 nitrogen and oxygen atoms in total. The van der Waals surface area contributed by atoms with E-state index in [1.165, 1.54) is 11.9 Å². The van der Waals surface area contributed by atoms with Gasteiger partial charge in [0.1, 0.15) is 0 Å². The Balaban J connectivity index is 2.61. The maximum atomic E-state index is 5.39. The number of terminal acetylenes is 1. The van der Waals surface area contributed by atoms with Gasteiger partial charge in [-0.2, -0.15) is 4.40 Å². The van der Waals surface area contributed by atoms with Crippen LogP contribution in [0.3, 0.4) is 0 Å². The van der Waals surface area contributed by atoms with Crippen molar-refractivity contribution in [2.24, 2.45) is 9.81 Å². The zero-order valence-electron chi connectivity index (χ0n) is 6.92. The lowest BCUT2D eigenvalue weighted by molar-refractivity contribution is 0.189. The SMILES string of the molecule is C#CC(C)(C)C1OC(C)=NS1. The van der Waals surface area contributed by atoms with Crippen LogP contribution >= 0.6 is 11.9 Å². The normalized spacial score (nSPS) is 23.8. The van der Waals surface area contributed by atoms with Crippen LogP contribution in [0, 0.1) is 17.8 Å². The zero-order valence-corrected chi connectivity index (χ0v) is 7.73. The van der Waals surface area contributed by atoms with Gasteiger partial charge in [0, 0.05) is 18.9 Å². The van der Waals surface area contributed by atoms with E-state index in [1.54, 1.807) is 0 Å². The van der Waals surface area contributed by atoms with Crippen LogP contribution in [0.1, 0.15) is 20.8 Å². The molecule has 0 saturated heterocycles. The standard InChI is InChI=1S/C8H11NOS/c1-5-8(3,4)7-10-6(2)9-11-7/h1,7H,2-4H3. The third-order valence-corrected chi connectivity index (χ3v) is 2.76. The minimum absolute atomic E-state index is 0.0208. The Hall–Kier alpha value is -0.620. The average Bonchev–Trinajstić information content (AvgIpc) is 2.36. The van der Waals surface area contributed by atoms with Crippen LogP contribution in [0.25, 0.3) is 0 Å². The lowest BCUT2D eigenvalue weighted by atomic mass is 9.96. The van der Waals surface area contributed by atoms with Crippen molar-refractivity contribution in [3.05, 3.63) is 0 Å². The molecule has 0 spiro atoms. The maximum Gasteiger partial charge on any atom is 0.193 e. The molecule has 0 fully saturated rings. The molecular weight excluding hydrogens is 158 g/mol. The zero-order chi connectivity index (χ0) is 8.48. The van der Waals surface area contributed by atoms with Crippen molar-refractivity contribution < 1.29 is 4.74 Å². The molecule has 1 heterocycles. The van der Waals surface area contributed by atoms with Gasteiger partial charge < -0.3 is 4.74 Å². The van der Waals surface area contributed by atoms with E-state index in [9.17, 15) is 0 Å². The van der Waals surface area contributed by atoms with Gasteiger partial charge in [-0.1, -0.05) is 5.92 Å². The molecule has 0 aromatic heterocycles. The van der Waals surface area contributed by atoms with Gasteiger partial charge in [-0.3, -0.25) is 0 Å². The summed E-state index contributed by atoms with van der Waals surface area (Å²) >= 11 is 1.41. The van der Waals surface area contributed by atoms with Crippen LogP contribution in [0.15, 0.2) is 4.40 Å². The number of nitrogens with zero attached hydrogens (tertiary/aromatic N) is 1. The van der Waals surface area contributed by atoms with Crippen molar-refractivity contribution >= 4 is 17.8 Å². The molecule has 1 unspecified atom stereocenters. The highest BCUT2D eigenvalue weighted by atomic mass is 32.2. The Morgan fingerprint density at radius 1 is 1.73 bits per heavy atom. The lowest BCUT2D eigenvalue weighted by Crippen LogP contribution is -2.25. The Labute approximate surface area is 71.6 Å². The molecule has 0 bridgehead atoms. The van der Waals surface area contributed by atoms with E-state index in [4.69, 9.17) is 11.2 Å². The highest BCUT2D eigenvalue weighted by molar-refractivity contribution is 7.98. The number of hydrogen-bond acceptors (Lipinski definition) is 3. The van der Waals surface area contributed by atoms with E-state index in [1.807, 2.05) is 20.8 Å². The van der Waals surface area contributed by atoms with Crippen LogP contribution in [0.5, 0.6) is 0 Å². The van der Waals surface area contributed by atoms with Crippen LogP contribution in [0.4, 0.5) is 0 Å². The predicted molar refractivity (Wildman–Crippen MR) is 48.2 cm³/mol. The molecule has 1 rings (SSSR count). The third kappa shape index (κ3) is 1.69. The fourth-order valence-corrected chi connectivity index (χ4v) is 1.47. The van der Waals surface area contributed by atoms with Gasteiger partial charge in [0.25, 0.3) is 0 Å². The van der Waals surface area contributed by atoms with E-state index >= 15 is 0 Å². The predicted octanol–water partition coefficient (Wildman–Crippen LogP) is 2.07. The van der Waals surface area contributed by atoms with Crippen LogP contribution in [0.2, 0.25) is 0 Å². The van der Waals surface area contributed by atoms with Crippen LogP contribution in [-0.2, 0) is 4.74 Å². The lowest BCUT2D eigenvalue weighted by Gasteiger charge is -2.22. The van der Waals surface area contributed by atoms with Crippen molar-refractivity contribution in [1.82, 2.24) is 0 Å². The molecule has 3 heteroatoms. The Kier molecular flexibility index (Phi) is 2.15. The first-order valence-electron chi connectivity index (χ1n) is 3.41. The molecule has 60 valence electrons. The quantitative estimate of drug-likeness (QED) is 0.442. The molecular formula is C8H11NOS. The van der Waals surface area contributed by atoms with Gasteiger partial charge in [-0.25, -0.2) is 0 Å². The highest BCUT2D eigenvalue weighted by Crippen LogP contribution is 2.35. The van der Waals surface area contributed by atoms with E-state index in [2.05, 4.69) is 10.3 Å².